The van der Waals surface area contributed by atoms with Gasteiger partial charge in [-0.25, -0.2) is 8.42 Å². The molecule has 1 aromatic rings. The van der Waals surface area contributed by atoms with Crippen LogP contribution in [0.5, 0.6) is 11.5 Å². The van der Waals surface area contributed by atoms with E-state index < -0.39 is 16.1 Å². The Morgan fingerprint density at radius 2 is 1.74 bits per heavy atom. The lowest BCUT2D eigenvalue weighted by molar-refractivity contribution is -0.125. The van der Waals surface area contributed by atoms with Crippen molar-refractivity contribution in [2.75, 3.05) is 20.8 Å². The number of amides is 1. The normalized spacial score (nSPS) is 21.8. The van der Waals surface area contributed by atoms with Gasteiger partial charge in [-0.1, -0.05) is 19.3 Å². The van der Waals surface area contributed by atoms with E-state index in [1.54, 1.807) is 6.07 Å². The summed E-state index contributed by atoms with van der Waals surface area (Å²) in [5.41, 5.74) is 0. The van der Waals surface area contributed by atoms with Gasteiger partial charge in [0.25, 0.3) is 0 Å². The number of hydrogen-bond donors (Lipinski definition) is 1. The SMILES string of the molecule is COc1ccc(S(=O)(=O)N2CCC[C@H]2C(=O)NC2CCCCC2)cc1OC. The summed E-state index contributed by atoms with van der Waals surface area (Å²) < 4.78 is 38.0. The summed E-state index contributed by atoms with van der Waals surface area (Å²) in [4.78, 5) is 12.9. The maximum Gasteiger partial charge on any atom is 0.243 e. The lowest BCUT2D eigenvalue weighted by Crippen LogP contribution is -2.49. The lowest BCUT2D eigenvalue weighted by Gasteiger charge is -2.28. The first kappa shape index (κ1) is 19.9. The number of rotatable bonds is 6. The van der Waals surface area contributed by atoms with Crippen LogP contribution < -0.4 is 14.8 Å². The van der Waals surface area contributed by atoms with Gasteiger partial charge in [-0.05, 0) is 37.8 Å². The molecule has 2 fully saturated rings. The maximum atomic E-state index is 13.2. The molecule has 2 aliphatic rings. The monoisotopic (exact) mass is 396 g/mol. The molecule has 1 aromatic carbocycles. The van der Waals surface area contributed by atoms with Gasteiger partial charge in [-0.15, -0.1) is 0 Å². The Labute approximate surface area is 161 Å². The van der Waals surface area contributed by atoms with E-state index >= 15 is 0 Å². The molecule has 1 heterocycles. The third-order valence-corrected chi connectivity index (χ3v) is 7.32. The summed E-state index contributed by atoms with van der Waals surface area (Å²) in [6, 6.07) is 4.02. The number of hydrogen-bond acceptors (Lipinski definition) is 5. The van der Waals surface area contributed by atoms with Gasteiger partial charge < -0.3 is 14.8 Å². The molecular formula is C19H28N2O5S. The third kappa shape index (κ3) is 4.21. The molecule has 0 unspecified atom stereocenters. The van der Waals surface area contributed by atoms with Crippen LogP contribution >= 0.6 is 0 Å². The summed E-state index contributed by atoms with van der Waals surface area (Å²) in [6.07, 6.45) is 6.60. The third-order valence-electron chi connectivity index (χ3n) is 5.42. The van der Waals surface area contributed by atoms with Crippen LogP contribution in [0.25, 0.3) is 0 Å². The van der Waals surface area contributed by atoms with Gasteiger partial charge in [-0.2, -0.15) is 4.31 Å². The van der Waals surface area contributed by atoms with E-state index in [4.69, 9.17) is 9.47 Å². The van der Waals surface area contributed by atoms with Crippen molar-refractivity contribution in [1.82, 2.24) is 9.62 Å². The zero-order chi connectivity index (χ0) is 19.4. The van der Waals surface area contributed by atoms with Crippen LogP contribution in [0.1, 0.15) is 44.9 Å². The first-order valence-corrected chi connectivity index (χ1v) is 11.0. The first-order valence-electron chi connectivity index (χ1n) is 9.51. The van der Waals surface area contributed by atoms with E-state index in [0.29, 0.717) is 30.9 Å². The molecule has 3 rings (SSSR count). The first-order chi connectivity index (χ1) is 13.0. The molecule has 0 bridgehead atoms. The molecule has 1 amide bonds. The summed E-state index contributed by atoms with van der Waals surface area (Å²) >= 11 is 0. The number of sulfonamides is 1. The fourth-order valence-corrected chi connectivity index (χ4v) is 5.62. The highest BCUT2D eigenvalue weighted by Crippen LogP contribution is 2.33. The van der Waals surface area contributed by atoms with Crippen LogP contribution in [0.4, 0.5) is 0 Å². The molecule has 0 aromatic heterocycles. The van der Waals surface area contributed by atoms with Gasteiger partial charge in [0.05, 0.1) is 19.1 Å². The van der Waals surface area contributed by atoms with Crippen molar-refractivity contribution in [3.05, 3.63) is 18.2 Å². The van der Waals surface area contributed by atoms with E-state index in [1.165, 1.54) is 37.1 Å². The van der Waals surface area contributed by atoms with Crippen molar-refractivity contribution in [2.45, 2.75) is 61.9 Å². The van der Waals surface area contributed by atoms with E-state index in [0.717, 1.165) is 25.7 Å². The van der Waals surface area contributed by atoms with E-state index in [9.17, 15) is 13.2 Å². The number of nitrogens with zero attached hydrogens (tertiary/aromatic N) is 1. The average molecular weight is 397 g/mol. The van der Waals surface area contributed by atoms with Gasteiger partial charge in [-0.3, -0.25) is 4.79 Å². The van der Waals surface area contributed by atoms with Crippen molar-refractivity contribution >= 4 is 15.9 Å². The van der Waals surface area contributed by atoms with Crippen molar-refractivity contribution < 1.29 is 22.7 Å². The number of carbonyl (C=O) groups is 1. The summed E-state index contributed by atoms with van der Waals surface area (Å²) in [6.45, 7) is 0.347. The van der Waals surface area contributed by atoms with Crippen molar-refractivity contribution in [1.29, 1.82) is 0 Å². The zero-order valence-corrected chi connectivity index (χ0v) is 16.8. The number of benzene rings is 1. The minimum Gasteiger partial charge on any atom is -0.493 e. The molecule has 1 aliphatic heterocycles. The molecule has 1 N–H and O–H groups in total. The van der Waals surface area contributed by atoms with E-state index in [2.05, 4.69) is 5.32 Å². The Hall–Kier alpha value is -1.80. The molecule has 1 saturated carbocycles. The van der Waals surface area contributed by atoms with Gasteiger partial charge in [0.2, 0.25) is 15.9 Å². The molecular weight excluding hydrogens is 368 g/mol. The topological polar surface area (TPSA) is 84.9 Å². The molecule has 0 radical (unpaired) electrons. The van der Waals surface area contributed by atoms with Gasteiger partial charge in [0.1, 0.15) is 6.04 Å². The van der Waals surface area contributed by atoms with Gasteiger partial charge in [0.15, 0.2) is 11.5 Å². The van der Waals surface area contributed by atoms with Gasteiger partial charge in [0, 0.05) is 18.7 Å². The Balaban J connectivity index is 1.79. The largest absolute Gasteiger partial charge is 0.493 e. The second-order valence-corrected chi connectivity index (χ2v) is 9.02. The number of nitrogens with one attached hydrogen (secondary N) is 1. The molecule has 150 valence electrons. The molecule has 1 aliphatic carbocycles. The summed E-state index contributed by atoms with van der Waals surface area (Å²) in [5, 5.41) is 3.07. The number of ether oxygens (including phenoxy) is 2. The zero-order valence-electron chi connectivity index (χ0n) is 15.9. The van der Waals surface area contributed by atoms with Gasteiger partial charge >= 0.3 is 0 Å². The van der Waals surface area contributed by atoms with Crippen molar-refractivity contribution in [3.8, 4) is 11.5 Å². The minimum absolute atomic E-state index is 0.109. The second-order valence-electron chi connectivity index (χ2n) is 7.13. The highest BCUT2D eigenvalue weighted by atomic mass is 32.2. The summed E-state index contributed by atoms with van der Waals surface area (Å²) in [5.74, 6) is 0.633. The Kier molecular flexibility index (Phi) is 6.26. The Morgan fingerprint density at radius 1 is 1.04 bits per heavy atom. The highest BCUT2D eigenvalue weighted by Gasteiger charge is 2.40. The van der Waals surface area contributed by atoms with Crippen molar-refractivity contribution in [2.24, 2.45) is 0 Å². The number of carbonyl (C=O) groups excluding carboxylic acids is 1. The Bertz CT molecular complexity index is 774. The van der Waals surface area contributed by atoms with Crippen LogP contribution in [0.3, 0.4) is 0 Å². The average Bonchev–Trinajstić information content (AvgIpc) is 3.19. The molecule has 8 heteroatoms. The molecule has 1 saturated heterocycles. The maximum absolute atomic E-state index is 13.2. The second kappa shape index (κ2) is 8.48. The fraction of sp³-hybridized carbons (Fsp3) is 0.632. The molecule has 7 nitrogen and oxygen atoms in total. The molecule has 0 spiro atoms. The molecule has 27 heavy (non-hydrogen) atoms. The van der Waals surface area contributed by atoms with E-state index in [1.807, 2.05) is 0 Å². The van der Waals surface area contributed by atoms with Crippen LogP contribution in [0.2, 0.25) is 0 Å². The highest BCUT2D eigenvalue weighted by molar-refractivity contribution is 7.89. The van der Waals surface area contributed by atoms with Crippen LogP contribution in [-0.2, 0) is 14.8 Å². The Morgan fingerprint density at radius 3 is 2.41 bits per heavy atom. The minimum atomic E-state index is -3.79. The summed E-state index contributed by atoms with van der Waals surface area (Å²) in [7, 11) is -0.833. The lowest BCUT2D eigenvalue weighted by atomic mass is 9.95. The van der Waals surface area contributed by atoms with Crippen LogP contribution in [0.15, 0.2) is 23.1 Å². The molecule has 1 atom stereocenters. The van der Waals surface area contributed by atoms with E-state index in [-0.39, 0.29) is 16.8 Å². The predicted molar refractivity (Wildman–Crippen MR) is 101 cm³/mol. The number of methoxy groups -OCH3 is 2. The predicted octanol–water partition coefficient (Wildman–Crippen LogP) is 2.31. The van der Waals surface area contributed by atoms with Crippen molar-refractivity contribution in [3.63, 3.8) is 0 Å². The smallest absolute Gasteiger partial charge is 0.243 e. The van der Waals surface area contributed by atoms with Crippen LogP contribution in [0, 0.1) is 0 Å². The fourth-order valence-electron chi connectivity index (χ4n) is 3.95. The standard InChI is InChI=1S/C19H28N2O5S/c1-25-17-11-10-15(13-18(17)26-2)27(23,24)21-12-6-9-16(21)19(22)20-14-7-4-3-5-8-14/h10-11,13-14,16H,3-9,12H2,1-2H3,(H,20,22)/t16-/m0/s1. The quantitative estimate of drug-likeness (QED) is 0.798. The van der Waals surface area contributed by atoms with Crippen LogP contribution in [-0.4, -0.2) is 51.5 Å².